The van der Waals surface area contributed by atoms with Crippen molar-refractivity contribution in [3.05, 3.63) is 54.1 Å². The number of carbonyl (C=O) groups excluding carboxylic acids is 2. The maximum Gasteiger partial charge on any atom is 0.271 e. The zero-order valence-corrected chi connectivity index (χ0v) is 16.3. The number of primary amides is 1. The van der Waals surface area contributed by atoms with Gasteiger partial charge in [0.2, 0.25) is 0 Å². The molecular weight excluding hydrogens is 366 g/mol. The number of hydrogen-bond acceptors (Lipinski definition) is 4. The van der Waals surface area contributed by atoms with E-state index in [0.717, 1.165) is 31.2 Å². The number of rotatable bonds is 4. The Kier molecular flexibility index (Phi) is 5.55. The van der Waals surface area contributed by atoms with E-state index in [1.165, 1.54) is 25.6 Å². The van der Waals surface area contributed by atoms with Gasteiger partial charge in [0.05, 0.1) is 5.69 Å². The van der Waals surface area contributed by atoms with Gasteiger partial charge in [-0.25, -0.2) is 9.97 Å². The first-order valence-corrected chi connectivity index (χ1v) is 10.2. The van der Waals surface area contributed by atoms with Crippen LogP contribution in [0.25, 0.3) is 16.9 Å². The molecule has 0 saturated heterocycles. The first-order chi connectivity index (χ1) is 14.1. The Balaban J connectivity index is 1.73. The fourth-order valence-electron chi connectivity index (χ4n) is 3.94. The first kappa shape index (κ1) is 19.1. The number of aromatic nitrogens is 3. The van der Waals surface area contributed by atoms with Crippen LogP contribution in [-0.2, 0) is 0 Å². The van der Waals surface area contributed by atoms with Gasteiger partial charge >= 0.3 is 0 Å². The molecular formula is C22H25N5O2. The summed E-state index contributed by atoms with van der Waals surface area (Å²) in [5.41, 5.74) is 7.67. The summed E-state index contributed by atoms with van der Waals surface area (Å²) in [6.45, 7) is 0. The van der Waals surface area contributed by atoms with Crippen molar-refractivity contribution < 1.29 is 9.59 Å². The fourth-order valence-corrected chi connectivity index (χ4v) is 3.94. The molecule has 3 N–H and O–H groups in total. The van der Waals surface area contributed by atoms with E-state index in [-0.39, 0.29) is 17.6 Å². The maximum absolute atomic E-state index is 13.2. The van der Waals surface area contributed by atoms with E-state index in [2.05, 4.69) is 15.3 Å². The highest BCUT2D eigenvalue weighted by Gasteiger charge is 2.21. The van der Waals surface area contributed by atoms with Crippen LogP contribution < -0.4 is 11.1 Å². The number of nitrogens with zero attached hydrogens (tertiary/aromatic N) is 3. The van der Waals surface area contributed by atoms with Crippen molar-refractivity contribution in [3.8, 4) is 11.3 Å². The molecule has 0 aliphatic heterocycles. The van der Waals surface area contributed by atoms with Crippen LogP contribution in [0, 0.1) is 0 Å². The summed E-state index contributed by atoms with van der Waals surface area (Å²) in [5, 5.41) is 3.18. The summed E-state index contributed by atoms with van der Waals surface area (Å²) in [6.07, 6.45) is 9.37. The Morgan fingerprint density at radius 1 is 1.03 bits per heavy atom. The SMILES string of the molecule is NC(=O)c1ncn2c(C(=O)NC3CCCCCCC3)cc(-c3ccccc3)nc12. The Morgan fingerprint density at radius 3 is 2.41 bits per heavy atom. The minimum absolute atomic E-state index is 0.0581. The minimum Gasteiger partial charge on any atom is -0.364 e. The van der Waals surface area contributed by atoms with E-state index in [1.54, 1.807) is 10.5 Å². The van der Waals surface area contributed by atoms with Gasteiger partial charge in [-0.3, -0.25) is 14.0 Å². The molecule has 29 heavy (non-hydrogen) atoms. The summed E-state index contributed by atoms with van der Waals surface area (Å²) in [4.78, 5) is 33.6. The standard InChI is InChI=1S/C22H25N5O2/c23-20(28)19-21-26-17(15-9-5-4-6-10-15)13-18(27(21)14-24-19)22(29)25-16-11-7-2-1-3-8-12-16/h4-6,9-10,13-14,16H,1-3,7-8,11-12H2,(H2,23,28)(H,25,29). The van der Waals surface area contributed by atoms with Gasteiger partial charge in [0, 0.05) is 11.6 Å². The number of imidazole rings is 1. The number of nitrogens with two attached hydrogens (primary N) is 1. The summed E-state index contributed by atoms with van der Waals surface area (Å²) in [5.74, 6) is -0.856. The lowest BCUT2D eigenvalue weighted by Gasteiger charge is -2.21. The average Bonchev–Trinajstić information content (AvgIpc) is 3.14. The number of fused-ring (bicyclic) bond motifs is 1. The van der Waals surface area contributed by atoms with Crippen LogP contribution >= 0.6 is 0 Å². The number of nitrogens with one attached hydrogen (secondary N) is 1. The molecule has 1 aliphatic carbocycles. The average molecular weight is 391 g/mol. The second-order valence-electron chi connectivity index (χ2n) is 7.56. The third-order valence-corrected chi connectivity index (χ3v) is 5.48. The van der Waals surface area contributed by atoms with Crippen LogP contribution in [0.3, 0.4) is 0 Å². The second-order valence-corrected chi connectivity index (χ2v) is 7.56. The molecule has 1 aromatic carbocycles. The molecule has 4 rings (SSSR count). The van der Waals surface area contributed by atoms with E-state index in [0.29, 0.717) is 17.0 Å². The van der Waals surface area contributed by atoms with Crippen molar-refractivity contribution in [3.63, 3.8) is 0 Å². The van der Waals surface area contributed by atoms with Crippen LogP contribution in [-0.4, -0.2) is 32.2 Å². The molecule has 2 heterocycles. The largest absolute Gasteiger partial charge is 0.364 e. The number of carbonyl (C=O) groups is 2. The topological polar surface area (TPSA) is 102 Å². The molecule has 1 fully saturated rings. The predicted octanol–water partition coefficient (Wildman–Crippen LogP) is 3.34. The Hall–Kier alpha value is -3.22. The van der Waals surface area contributed by atoms with Gasteiger partial charge in [-0.2, -0.15) is 0 Å². The summed E-state index contributed by atoms with van der Waals surface area (Å²) < 4.78 is 1.55. The molecule has 0 bridgehead atoms. The van der Waals surface area contributed by atoms with Gasteiger partial charge in [0.25, 0.3) is 11.8 Å². The molecule has 7 heteroatoms. The summed E-state index contributed by atoms with van der Waals surface area (Å²) >= 11 is 0. The van der Waals surface area contributed by atoms with Crippen LogP contribution in [0.1, 0.15) is 65.9 Å². The highest BCUT2D eigenvalue weighted by Crippen LogP contribution is 2.22. The van der Waals surface area contributed by atoms with Crippen molar-refractivity contribution in [1.82, 2.24) is 19.7 Å². The number of benzene rings is 1. The van der Waals surface area contributed by atoms with Crippen LogP contribution in [0.15, 0.2) is 42.7 Å². The monoisotopic (exact) mass is 391 g/mol. The molecule has 0 unspecified atom stereocenters. The Labute approximate surface area is 169 Å². The van der Waals surface area contributed by atoms with Gasteiger partial charge in [-0.15, -0.1) is 0 Å². The van der Waals surface area contributed by atoms with E-state index in [9.17, 15) is 9.59 Å². The third-order valence-electron chi connectivity index (χ3n) is 5.48. The Morgan fingerprint density at radius 2 is 1.72 bits per heavy atom. The molecule has 7 nitrogen and oxygen atoms in total. The van der Waals surface area contributed by atoms with Crippen molar-refractivity contribution in [2.45, 2.75) is 51.0 Å². The minimum atomic E-state index is -0.670. The maximum atomic E-state index is 13.2. The lowest BCUT2D eigenvalue weighted by atomic mass is 9.96. The third kappa shape index (κ3) is 4.13. The number of hydrogen-bond donors (Lipinski definition) is 2. The molecule has 1 aliphatic rings. The van der Waals surface area contributed by atoms with E-state index in [4.69, 9.17) is 5.73 Å². The highest BCUT2D eigenvalue weighted by atomic mass is 16.2. The van der Waals surface area contributed by atoms with Crippen LogP contribution in [0.4, 0.5) is 0 Å². The van der Waals surface area contributed by atoms with Crippen LogP contribution in [0.2, 0.25) is 0 Å². The van der Waals surface area contributed by atoms with E-state index in [1.807, 2.05) is 30.3 Å². The quantitative estimate of drug-likeness (QED) is 0.712. The van der Waals surface area contributed by atoms with Gasteiger partial charge in [0.15, 0.2) is 11.3 Å². The van der Waals surface area contributed by atoms with E-state index < -0.39 is 5.91 Å². The second kappa shape index (κ2) is 8.43. The molecule has 2 amide bonds. The van der Waals surface area contributed by atoms with Gasteiger partial charge in [-0.1, -0.05) is 62.4 Å². The molecule has 0 spiro atoms. The lowest BCUT2D eigenvalue weighted by Crippen LogP contribution is -2.36. The Bertz CT molecular complexity index is 1020. The number of amides is 2. The van der Waals surface area contributed by atoms with Crippen LogP contribution in [0.5, 0.6) is 0 Å². The van der Waals surface area contributed by atoms with Gasteiger partial charge in [0.1, 0.15) is 12.0 Å². The van der Waals surface area contributed by atoms with Crippen molar-refractivity contribution in [2.24, 2.45) is 5.73 Å². The fraction of sp³-hybridized carbons (Fsp3) is 0.364. The molecule has 150 valence electrons. The van der Waals surface area contributed by atoms with Gasteiger partial charge in [-0.05, 0) is 18.9 Å². The van der Waals surface area contributed by atoms with Crippen molar-refractivity contribution in [2.75, 3.05) is 0 Å². The molecule has 1 saturated carbocycles. The first-order valence-electron chi connectivity index (χ1n) is 10.2. The molecule has 0 atom stereocenters. The molecule has 0 radical (unpaired) electrons. The highest BCUT2D eigenvalue weighted by molar-refractivity contribution is 5.99. The summed E-state index contributed by atoms with van der Waals surface area (Å²) in [6, 6.07) is 11.4. The van der Waals surface area contributed by atoms with E-state index >= 15 is 0 Å². The van der Waals surface area contributed by atoms with Crippen molar-refractivity contribution >= 4 is 17.5 Å². The van der Waals surface area contributed by atoms with Gasteiger partial charge < -0.3 is 11.1 Å². The molecule has 2 aromatic heterocycles. The predicted molar refractivity (Wildman–Crippen MR) is 111 cm³/mol. The zero-order valence-electron chi connectivity index (χ0n) is 16.3. The lowest BCUT2D eigenvalue weighted by molar-refractivity contribution is 0.0922. The normalized spacial score (nSPS) is 15.6. The molecule has 3 aromatic rings. The smallest absolute Gasteiger partial charge is 0.271 e. The summed E-state index contributed by atoms with van der Waals surface area (Å²) in [7, 11) is 0. The van der Waals surface area contributed by atoms with Crippen molar-refractivity contribution in [1.29, 1.82) is 0 Å². The zero-order chi connectivity index (χ0) is 20.2.